The first-order valence-electron chi connectivity index (χ1n) is 12.4. The van der Waals surface area contributed by atoms with Crippen LogP contribution >= 0.6 is 11.6 Å². The summed E-state index contributed by atoms with van der Waals surface area (Å²) >= 11 is 6.48. The summed E-state index contributed by atoms with van der Waals surface area (Å²) in [5.41, 5.74) is 4.72. The lowest BCUT2D eigenvalue weighted by Crippen LogP contribution is -2.24. The smallest absolute Gasteiger partial charge is 0.337 e. The van der Waals surface area contributed by atoms with Gasteiger partial charge in [-0.15, -0.1) is 0 Å². The van der Waals surface area contributed by atoms with Crippen molar-refractivity contribution in [2.45, 2.75) is 45.9 Å². The fourth-order valence-corrected chi connectivity index (χ4v) is 4.58. The second-order valence-corrected chi connectivity index (χ2v) is 9.46. The summed E-state index contributed by atoms with van der Waals surface area (Å²) in [7, 11) is 1.38. The van der Waals surface area contributed by atoms with Gasteiger partial charge >= 0.3 is 5.97 Å². The van der Waals surface area contributed by atoms with Crippen LogP contribution in [-0.2, 0) is 30.9 Å². The largest absolute Gasteiger partial charge is 0.508 e. The maximum atomic E-state index is 11.9. The van der Waals surface area contributed by atoms with Crippen molar-refractivity contribution in [2.75, 3.05) is 7.11 Å². The number of hydrogen-bond donors (Lipinski definition) is 1. The van der Waals surface area contributed by atoms with E-state index < -0.39 is 0 Å². The lowest BCUT2D eigenvalue weighted by atomic mass is 10.1. The standard InChI is InChI=1S/C30H32ClN3O3/c1-3-4-16-34-26(18-32-29(34)23-8-6-5-7-9-23)21-33(20-25-14-15-27(35)17-28(25)31)19-22-10-12-24(13-11-22)30(36)37-2/h5-15,17-18,35H,3-4,16,19-21H2,1-2H3. The highest BCUT2D eigenvalue weighted by atomic mass is 35.5. The maximum Gasteiger partial charge on any atom is 0.337 e. The zero-order valence-electron chi connectivity index (χ0n) is 21.2. The quantitative estimate of drug-likeness (QED) is 0.224. The minimum atomic E-state index is -0.354. The third kappa shape index (κ3) is 6.79. The average Bonchev–Trinajstić information content (AvgIpc) is 3.31. The molecule has 0 aliphatic rings. The normalized spacial score (nSPS) is 11.1. The predicted molar refractivity (Wildman–Crippen MR) is 146 cm³/mol. The Morgan fingerprint density at radius 1 is 1.03 bits per heavy atom. The van der Waals surface area contributed by atoms with Gasteiger partial charge in [0.1, 0.15) is 11.6 Å². The third-order valence-corrected chi connectivity index (χ3v) is 6.65. The van der Waals surface area contributed by atoms with Crippen LogP contribution in [0.3, 0.4) is 0 Å². The fourth-order valence-electron chi connectivity index (χ4n) is 4.35. The van der Waals surface area contributed by atoms with E-state index >= 15 is 0 Å². The summed E-state index contributed by atoms with van der Waals surface area (Å²) in [4.78, 5) is 19.0. The molecule has 0 saturated heterocycles. The number of nitrogens with zero attached hydrogens (tertiary/aromatic N) is 3. The molecule has 0 atom stereocenters. The number of benzene rings is 3. The maximum absolute atomic E-state index is 11.9. The number of imidazole rings is 1. The summed E-state index contributed by atoms with van der Waals surface area (Å²) in [6.07, 6.45) is 4.11. The van der Waals surface area contributed by atoms with Gasteiger partial charge in [0.2, 0.25) is 0 Å². The Bertz CT molecular complexity index is 1320. The van der Waals surface area contributed by atoms with E-state index in [4.69, 9.17) is 21.3 Å². The number of aromatic hydroxyl groups is 1. The van der Waals surface area contributed by atoms with Gasteiger partial charge < -0.3 is 14.4 Å². The molecule has 4 aromatic rings. The van der Waals surface area contributed by atoms with E-state index in [1.54, 1.807) is 24.3 Å². The molecule has 37 heavy (non-hydrogen) atoms. The van der Waals surface area contributed by atoms with E-state index in [9.17, 15) is 9.90 Å². The van der Waals surface area contributed by atoms with Gasteiger partial charge in [0.15, 0.2) is 0 Å². The zero-order valence-corrected chi connectivity index (χ0v) is 22.0. The number of ether oxygens (including phenoxy) is 1. The number of carbonyl (C=O) groups is 1. The predicted octanol–water partition coefficient (Wildman–Crippen LogP) is 6.70. The molecule has 0 bridgehead atoms. The van der Waals surface area contributed by atoms with Gasteiger partial charge in [0.25, 0.3) is 0 Å². The topological polar surface area (TPSA) is 67.6 Å². The molecule has 1 aromatic heterocycles. The number of unbranched alkanes of at least 4 members (excludes halogenated alkanes) is 1. The highest BCUT2D eigenvalue weighted by Crippen LogP contribution is 2.26. The van der Waals surface area contributed by atoms with E-state index in [0.29, 0.717) is 30.2 Å². The minimum Gasteiger partial charge on any atom is -0.508 e. The van der Waals surface area contributed by atoms with Crippen molar-refractivity contribution in [2.24, 2.45) is 0 Å². The fraction of sp³-hybridized carbons (Fsp3) is 0.267. The molecule has 4 rings (SSSR count). The van der Waals surface area contributed by atoms with Crippen molar-refractivity contribution in [3.8, 4) is 17.1 Å². The van der Waals surface area contributed by atoms with Crippen LogP contribution in [0.1, 0.15) is 46.9 Å². The van der Waals surface area contributed by atoms with Crippen LogP contribution in [0, 0.1) is 0 Å². The van der Waals surface area contributed by atoms with Gasteiger partial charge in [-0.3, -0.25) is 4.90 Å². The molecule has 0 saturated carbocycles. The lowest BCUT2D eigenvalue weighted by molar-refractivity contribution is 0.0600. The molecule has 0 amide bonds. The number of halogens is 1. The summed E-state index contributed by atoms with van der Waals surface area (Å²) in [5, 5.41) is 10.3. The van der Waals surface area contributed by atoms with E-state index in [-0.39, 0.29) is 11.7 Å². The number of carbonyl (C=O) groups excluding carboxylic acids is 1. The molecule has 0 fully saturated rings. The van der Waals surface area contributed by atoms with Crippen LogP contribution in [0.4, 0.5) is 0 Å². The average molecular weight is 518 g/mol. The van der Waals surface area contributed by atoms with Crippen LogP contribution in [0.15, 0.2) is 79.0 Å². The third-order valence-electron chi connectivity index (χ3n) is 6.30. The van der Waals surface area contributed by atoms with Crippen molar-refractivity contribution < 1.29 is 14.6 Å². The summed E-state index contributed by atoms with van der Waals surface area (Å²) in [5.74, 6) is 0.755. The number of rotatable bonds is 11. The van der Waals surface area contributed by atoms with Crippen LogP contribution in [0.25, 0.3) is 11.4 Å². The number of phenols is 1. The molecule has 0 unspecified atom stereocenters. The van der Waals surface area contributed by atoms with E-state index in [1.807, 2.05) is 42.6 Å². The Labute approximate surface area is 223 Å². The Balaban J connectivity index is 1.65. The molecule has 3 aromatic carbocycles. The van der Waals surface area contributed by atoms with Gasteiger partial charge in [-0.05, 0) is 41.8 Å². The molecule has 7 heteroatoms. The van der Waals surface area contributed by atoms with Crippen LogP contribution in [-0.4, -0.2) is 32.6 Å². The first-order chi connectivity index (χ1) is 18.0. The summed E-state index contributed by atoms with van der Waals surface area (Å²) in [6, 6.07) is 22.8. The zero-order chi connectivity index (χ0) is 26.2. The number of methoxy groups -OCH3 is 1. The molecule has 192 valence electrons. The first kappa shape index (κ1) is 26.5. The highest BCUT2D eigenvalue weighted by molar-refractivity contribution is 6.31. The van der Waals surface area contributed by atoms with Gasteiger partial charge in [-0.25, -0.2) is 9.78 Å². The molecule has 0 spiro atoms. The number of esters is 1. The number of hydrogen-bond acceptors (Lipinski definition) is 5. The van der Waals surface area contributed by atoms with Crippen molar-refractivity contribution in [1.82, 2.24) is 14.5 Å². The second kappa shape index (κ2) is 12.6. The SMILES string of the molecule is CCCCn1c(CN(Cc2ccc(C(=O)OC)cc2)Cc2ccc(O)cc2Cl)cnc1-c1ccccc1. The molecule has 6 nitrogen and oxygen atoms in total. The number of phenolic OH excluding ortho intramolecular Hbond substituents is 1. The summed E-state index contributed by atoms with van der Waals surface area (Å²) < 4.78 is 7.14. The van der Waals surface area contributed by atoms with Crippen molar-refractivity contribution in [3.05, 3.63) is 106 Å². The molecule has 0 aliphatic heterocycles. The van der Waals surface area contributed by atoms with Crippen LogP contribution < -0.4 is 0 Å². The van der Waals surface area contributed by atoms with Gasteiger partial charge in [0.05, 0.1) is 24.6 Å². The Kier molecular flexibility index (Phi) is 8.99. The lowest BCUT2D eigenvalue weighted by Gasteiger charge is -2.24. The highest BCUT2D eigenvalue weighted by Gasteiger charge is 2.17. The summed E-state index contributed by atoms with van der Waals surface area (Å²) in [6.45, 7) is 4.95. The number of aromatic nitrogens is 2. The second-order valence-electron chi connectivity index (χ2n) is 9.05. The van der Waals surface area contributed by atoms with Crippen molar-refractivity contribution in [1.29, 1.82) is 0 Å². The Morgan fingerprint density at radius 2 is 1.78 bits per heavy atom. The molecular weight excluding hydrogens is 486 g/mol. The minimum absolute atomic E-state index is 0.142. The van der Waals surface area contributed by atoms with Gasteiger partial charge in [0, 0.05) is 36.8 Å². The Hall–Kier alpha value is -3.61. The van der Waals surface area contributed by atoms with E-state index in [0.717, 1.165) is 47.6 Å². The van der Waals surface area contributed by atoms with Gasteiger partial charge in [-0.2, -0.15) is 0 Å². The van der Waals surface area contributed by atoms with Crippen LogP contribution in [0.2, 0.25) is 5.02 Å². The molecule has 0 aliphatic carbocycles. The van der Waals surface area contributed by atoms with Crippen molar-refractivity contribution in [3.63, 3.8) is 0 Å². The van der Waals surface area contributed by atoms with E-state index in [2.05, 4.69) is 28.5 Å². The molecule has 0 radical (unpaired) electrons. The van der Waals surface area contributed by atoms with Crippen molar-refractivity contribution >= 4 is 17.6 Å². The monoisotopic (exact) mass is 517 g/mol. The van der Waals surface area contributed by atoms with Crippen LogP contribution in [0.5, 0.6) is 5.75 Å². The molecule has 1 heterocycles. The first-order valence-corrected chi connectivity index (χ1v) is 12.8. The van der Waals surface area contributed by atoms with E-state index in [1.165, 1.54) is 7.11 Å². The molecular formula is C30H32ClN3O3. The Morgan fingerprint density at radius 3 is 2.46 bits per heavy atom. The molecule has 1 N–H and O–H groups in total. The van der Waals surface area contributed by atoms with Gasteiger partial charge in [-0.1, -0.05) is 73.5 Å².